The van der Waals surface area contributed by atoms with E-state index in [1.165, 1.54) is 0 Å². The van der Waals surface area contributed by atoms with Crippen molar-refractivity contribution in [3.05, 3.63) is 11.6 Å². The lowest BCUT2D eigenvalue weighted by molar-refractivity contribution is -0.129. The molecule has 0 radical (unpaired) electrons. The summed E-state index contributed by atoms with van der Waals surface area (Å²) in [5.41, 5.74) is -0.846. The van der Waals surface area contributed by atoms with Gasteiger partial charge in [-0.15, -0.1) is 0 Å². The minimum atomic E-state index is -2.36. The van der Waals surface area contributed by atoms with Crippen molar-refractivity contribution in [1.29, 1.82) is 5.26 Å². The predicted octanol–water partition coefficient (Wildman–Crippen LogP) is 3.03. The highest BCUT2D eigenvalue weighted by molar-refractivity contribution is 6.04. The van der Waals surface area contributed by atoms with Crippen LogP contribution in [0.15, 0.2) is 11.6 Å². The van der Waals surface area contributed by atoms with Gasteiger partial charge in [-0.05, 0) is 25.3 Å². The fourth-order valence-electron chi connectivity index (χ4n) is 4.19. The molecule has 0 unspecified atom stereocenters. The third-order valence-corrected chi connectivity index (χ3v) is 5.02. The molecular weight excluding hydrogens is 274 g/mol. The SMILES string of the molecule is CC1(C)C(=O)C(C#N)=C[C@@]2(C)CN(CC(F)F)CCC[C@H]12. The fraction of sp³-hybridized carbons (Fsp3) is 0.750. The average Bonchev–Trinajstić information content (AvgIpc) is 2.53. The zero-order chi connectivity index (χ0) is 15.8. The monoisotopic (exact) mass is 296 g/mol. The molecule has 5 heteroatoms. The van der Waals surface area contributed by atoms with Gasteiger partial charge in [0.25, 0.3) is 6.43 Å². The number of hydrogen-bond donors (Lipinski definition) is 0. The minimum Gasteiger partial charge on any atom is -0.297 e. The molecule has 0 aromatic carbocycles. The van der Waals surface area contributed by atoms with Gasteiger partial charge < -0.3 is 0 Å². The highest BCUT2D eigenvalue weighted by Crippen LogP contribution is 2.51. The number of carbonyl (C=O) groups is 1. The second-order valence-corrected chi connectivity index (χ2v) is 7.05. The van der Waals surface area contributed by atoms with Crippen molar-refractivity contribution in [3.63, 3.8) is 0 Å². The molecule has 116 valence electrons. The standard InChI is InChI=1S/C16H22F2N2O/c1-15(2)12-5-4-6-20(9-13(17)18)10-16(12,3)7-11(8-19)14(15)21/h7,12-13H,4-6,9-10H2,1-3H3/t12-,16+/m1/s1. The molecule has 3 nitrogen and oxygen atoms in total. The van der Waals surface area contributed by atoms with Gasteiger partial charge in [-0.3, -0.25) is 9.69 Å². The Bertz CT molecular complexity index is 507. The third kappa shape index (κ3) is 2.87. The number of Topliss-reactive ketones (excluding diaryl/α,β-unsaturated/α-hetero) is 1. The molecule has 2 rings (SSSR count). The first-order valence-corrected chi connectivity index (χ1v) is 7.39. The summed E-state index contributed by atoms with van der Waals surface area (Å²) in [5.74, 6) is -0.0351. The summed E-state index contributed by atoms with van der Waals surface area (Å²) in [4.78, 5) is 14.2. The summed E-state index contributed by atoms with van der Waals surface area (Å²) < 4.78 is 25.4. The van der Waals surface area contributed by atoms with E-state index < -0.39 is 17.3 Å². The fourth-order valence-corrected chi connectivity index (χ4v) is 4.19. The first kappa shape index (κ1) is 16.1. The van der Waals surface area contributed by atoms with E-state index in [0.29, 0.717) is 13.1 Å². The topological polar surface area (TPSA) is 44.1 Å². The number of nitrogens with zero attached hydrogens (tertiary/aromatic N) is 2. The lowest BCUT2D eigenvalue weighted by Gasteiger charge is -2.47. The van der Waals surface area contributed by atoms with Crippen LogP contribution in [0.4, 0.5) is 8.78 Å². The Kier molecular flexibility index (Phi) is 4.21. The normalized spacial score (nSPS) is 33.1. The molecule has 0 aromatic heterocycles. The highest BCUT2D eigenvalue weighted by Gasteiger charge is 2.52. The highest BCUT2D eigenvalue weighted by atomic mass is 19.3. The van der Waals surface area contributed by atoms with Crippen LogP contribution in [0.1, 0.15) is 33.6 Å². The number of fused-ring (bicyclic) bond motifs is 1. The maximum absolute atomic E-state index is 12.7. The van der Waals surface area contributed by atoms with Gasteiger partial charge in [0.15, 0.2) is 5.78 Å². The molecular formula is C16H22F2N2O. The number of rotatable bonds is 2. The predicted molar refractivity (Wildman–Crippen MR) is 75.8 cm³/mol. The van der Waals surface area contributed by atoms with Crippen LogP contribution in [-0.2, 0) is 4.79 Å². The van der Waals surface area contributed by atoms with Gasteiger partial charge in [-0.2, -0.15) is 5.26 Å². The van der Waals surface area contributed by atoms with Gasteiger partial charge in [0.1, 0.15) is 6.07 Å². The van der Waals surface area contributed by atoms with Crippen LogP contribution in [-0.4, -0.2) is 36.7 Å². The van der Waals surface area contributed by atoms with E-state index in [2.05, 4.69) is 0 Å². The number of likely N-dealkylation sites (tertiary alicyclic amines) is 1. The van der Waals surface area contributed by atoms with E-state index in [-0.39, 0.29) is 23.8 Å². The summed E-state index contributed by atoms with van der Waals surface area (Å²) in [5, 5.41) is 9.21. The van der Waals surface area contributed by atoms with Crippen molar-refractivity contribution in [2.24, 2.45) is 16.7 Å². The molecule has 1 fully saturated rings. The van der Waals surface area contributed by atoms with Crippen LogP contribution in [0.25, 0.3) is 0 Å². The maximum atomic E-state index is 12.7. The number of alkyl halides is 2. The number of hydrogen-bond acceptors (Lipinski definition) is 3. The summed E-state index contributed by atoms with van der Waals surface area (Å²) in [6.07, 6.45) is 1.00. The van der Waals surface area contributed by atoms with E-state index in [4.69, 9.17) is 0 Å². The van der Waals surface area contributed by atoms with Gasteiger partial charge in [0, 0.05) is 17.4 Å². The smallest absolute Gasteiger partial charge is 0.251 e. The quantitative estimate of drug-likeness (QED) is 0.786. The summed E-state index contributed by atoms with van der Waals surface area (Å²) in [6.45, 7) is 6.61. The molecule has 21 heavy (non-hydrogen) atoms. The number of carbonyl (C=O) groups excluding carboxylic acids is 1. The Balaban J connectivity index is 2.40. The van der Waals surface area contributed by atoms with E-state index in [1.54, 1.807) is 11.0 Å². The second kappa shape index (κ2) is 5.49. The molecule has 1 aliphatic heterocycles. The molecule has 0 bridgehead atoms. The first-order chi connectivity index (χ1) is 9.70. The summed E-state index contributed by atoms with van der Waals surface area (Å²) in [7, 11) is 0. The Morgan fingerprint density at radius 2 is 2.14 bits per heavy atom. The third-order valence-electron chi connectivity index (χ3n) is 5.02. The summed E-state index contributed by atoms with van der Waals surface area (Å²) in [6, 6.07) is 1.99. The number of ketones is 1. The van der Waals surface area contributed by atoms with Crippen molar-refractivity contribution in [2.45, 2.75) is 40.0 Å². The van der Waals surface area contributed by atoms with E-state index in [0.717, 1.165) is 12.8 Å². The zero-order valence-corrected chi connectivity index (χ0v) is 12.8. The second-order valence-electron chi connectivity index (χ2n) is 7.05. The first-order valence-electron chi connectivity index (χ1n) is 7.39. The van der Waals surface area contributed by atoms with E-state index in [9.17, 15) is 18.8 Å². The molecule has 1 saturated heterocycles. The van der Waals surface area contributed by atoms with Crippen LogP contribution in [0.2, 0.25) is 0 Å². The molecule has 2 aliphatic rings. The lowest BCUT2D eigenvalue weighted by atomic mass is 9.56. The summed E-state index contributed by atoms with van der Waals surface area (Å²) >= 11 is 0. The van der Waals surface area contributed by atoms with Crippen molar-refractivity contribution in [2.75, 3.05) is 19.6 Å². The molecule has 1 heterocycles. The molecule has 0 aromatic rings. The Labute approximate surface area is 124 Å². The Morgan fingerprint density at radius 1 is 1.48 bits per heavy atom. The van der Waals surface area contributed by atoms with Crippen LogP contribution in [0.3, 0.4) is 0 Å². The van der Waals surface area contributed by atoms with Crippen molar-refractivity contribution in [1.82, 2.24) is 4.90 Å². The van der Waals surface area contributed by atoms with Crippen LogP contribution in [0.5, 0.6) is 0 Å². The maximum Gasteiger partial charge on any atom is 0.251 e. The van der Waals surface area contributed by atoms with Gasteiger partial charge in [0.05, 0.1) is 12.1 Å². The largest absolute Gasteiger partial charge is 0.297 e. The molecule has 0 N–H and O–H groups in total. The average molecular weight is 296 g/mol. The van der Waals surface area contributed by atoms with Crippen LogP contribution in [0, 0.1) is 28.1 Å². The van der Waals surface area contributed by atoms with E-state index in [1.807, 2.05) is 26.8 Å². The Hall–Kier alpha value is -1.28. The van der Waals surface area contributed by atoms with Crippen LogP contribution >= 0.6 is 0 Å². The number of nitriles is 1. The van der Waals surface area contributed by atoms with Gasteiger partial charge in [0.2, 0.25) is 0 Å². The Morgan fingerprint density at radius 3 is 2.71 bits per heavy atom. The molecule has 2 atom stereocenters. The van der Waals surface area contributed by atoms with E-state index >= 15 is 0 Å². The van der Waals surface area contributed by atoms with Gasteiger partial charge in [-0.25, -0.2) is 8.78 Å². The van der Waals surface area contributed by atoms with Crippen LogP contribution < -0.4 is 0 Å². The van der Waals surface area contributed by atoms with Crippen molar-refractivity contribution in [3.8, 4) is 6.07 Å². The number of halogens is 2. The number of allylic oxidation sites excluding steroid dienone is 1. The van der Waals surface area contributed by atoms with Crippen molar-refractivity contribution < 1.29 is 13.6 Å². The molecule has 1 aliphatic carbocycles. The minimum absolute atomic E-state index is 0.0808. The van der Waals surface area contributed by atoms with Gasteiger partial charge >= 0.3 is 0 Å². The van der Waals surface area contributed by atoms with Gasteiger partial charge in [-0.1, -0.05) is 26.8 Å². The lowest BCUT2D eigenvalue weighted by Crippen LogP contribution is -2.49. The zero-order valence-electron chi connectivity index (χ0n) is 12.8. The molecule has 0 saturated carbocycles. The molecule has 0 amide bonds. The molecule has 0 spiro atoms. The van der Waals surface area contributed by atoms with Crippen molar-refractivity contribution >= 4 is 5.78 Å².